The van der Waals surface area contributed by atoms with Crippen molar-refractivity contribution in [3.05, 3.63) is 22.4 Å². The molecule has 0 saturated heterocycles. The van der Waals surface area contributed by atoms with Gasteiger partial charge in [-0.2, -0.15) is 0 Å². The molecule has 17 heavy (non-hydrogen) atoms. The van der Waals surface area contributed by atoms with Gasteiger partial charge in [0, 0.05) is 0 Å². The van der Waals surface area contributed by atoms with E-state index in [0.717, 1.165) is 25.1 Å². The van der Waals surface area contributed by atoms with Crippen LogP contribution in [0.3, 0.4) is 0 Å². The summed E-state index contributed by atoms with van der Waals surface area (Å²) in [5.41, 5.74) is 2.40. The van der Waals surface area contributed by atoms with E-state index in [9.17, 15) is 0 Å². The minimum atomic E-state index is 0.202. The Balaban J connectivity index is 2.28. The topological polar surface area (TPSA) is 47.0 Å². The van der Waals surface area contributed by atoms with Crippen LogP contribution in [0, 0.1) is 0 Å². The number of aromatic nitrogens is 2. The highest BCUT2D eigenvalue weighted by atomic mass is 32.1. The molecule has 2 rings (SSSR count). The fourth-order valence-electron chi connectivity index (χ4n) is 2.09. The van der Waals surface area contributed by atoms with E-state index < -0.39 is 0 Å². The Morgan fingerprint density at radius 1 is 1.47 bits per heavy atom. The normalized spacial score (nSPS) is 17.8. The molecule has 1 aromatic heterocycles. The first-order chi connectivity index (χ1) is 8.24. The summed E-state index contributed by atoms with van der Waals surface area (Å²) in [5.74, 6) is 0.407. The summed E-state index contributed by atoms with van der Waals surface area (Å²) in [6.07, 6.45) is 4.07. The number of ether oxygens (including phenoxy) is 1. The molecule has 0 saturated carbocycles. The molecule has 0 fully saturated rings. The van der Waals surface area contributed by atoms with Crippen molar-refractivity contribution in [2.24, 2.45) is 0 Å². The number of rotatable bonds is 4. The minimum Gasteiger partial charge on any atom is -0.501 e. The van der Waals surface area contributed by atoms with Gasteiger partial charge in [0.25, 0.3) is 0 Å². The summed E-state index contributed by atoms with van der Waals surface area (Å²) < 4.78 is 9.52. The highest BCUT2D eigenvalue weighted by molar-refractivity contribution is 7.05. The average molecular weight is 253 g/mol. The Morgan fingerprint density at radius 2 is 2.29 bits per heavy atom. The maximum Gasteiger partial charge on any atom is 0.0876 e. The third-order valence-corrected chi connectivity index (χ3v) is 3.78. The Morgan fingerprint density at radius 3 is 2.88 bits per heavy atom. The third kappa shape index (κ3) is 2.66. The van der Waals surface area contributed by atoms with Gasteiger partial charge in [-0.3, -0.25) is 0 Å². The van der Waals surface area contributed by atoms with Gasteiger partial charge in [0.05, 0.1) is 29.5 Å². The zero-order valence-corrected chi connectivity index (χ0v) is 11.4. The molecule has 0 spiro atoms. The van der Waals surface area contributed by atoms with Crippen LogP contribution in [0.1, 0.15) is 49.2 Å². The summed E-state index contributed by atoms with van der Waals surface area (Å²) in [6, 6.07) is 0.202. The van der Waals surface area contributed by atoms with E-state index in [2.05, 4.69) is 28.8 Å². The fourth-order valence-corrected chi connectivity index (χ4v) is 3.05. The summed E-state index contributed by atoms with van der Waals surface area (Å²) in [7, 11) is 1.98. The van der Waals surface area contributed by atoms with Gasteiger partial charge in [0.15, 0.2) is 0 Å². The van der Waals surface area contributed by atoms with Crippen molar-refractivity contribution < 1.29 is 4.74 Å². The van der Waals surface area contributed by atoms with Crippen LogP contribution in [0.2, 0.25) is 0 Å². The highest BCUT2D eigenvalue weighted by Crippen LogP contribution is 2.33. The van der Waals surface area contributed by atoms with Crippen LogP contribution in [0.15, 0.2) is 11.8 Å². The predicted molar refractivity (Wildman–Crippen MR) is 69.1 cm³/mol. The van der Waals surface area contributed by atoms with Crippen LogP contribution >= 0.6 is 11.5 Å². The van der Waals surface area contributed by atoms with Crippen LogP contribution in [-0.4, -0.2) is 23.2 Å². The molecule has 1 aliphatic heterocycles. The van der Waals surface area contributed by atoms with E-state index >= 15 is 0 Å². The van der Waals surface area contributed by atoms with Crippen LogP contribution in [-0.2, 0) is 4.74 Å². The molecule has 5 heteroatoms. The van der Waals surface area contributed by atoms with Crippen molar-refractivity contribution in [3.8, 4) is 0 Å². The molecular weight excluding hydrogens is 234 g/mol. The van der Waals surface area contributed by atoms with Gasteiger partial charge in [-0.05, 0) is 42.9 Å². The minimum absolute atomic E-state index is 0.202. The van der Waals surface area contributed by atoms with Gasteiger partial charge in [-0.15, -0.1) is 5.10 Å². The SMILES string of the molecule is CNC(C1=COCCC1)c1snnc1C(C)C. The summed E-state index contributed by atoms with van der Waals surface area (Å²) >= 11 is 1.48. The molecule has 1 unspecified atom stereocenters. The van der Waals surface area contributed by atoms with E-state index in [0.29, 0.717) is 5.92 Å². The van der Waals surface area contributed by atoms with E-state index in [-0.39, 0.29) is 6.04 Å². The van der Waals surface area contributed by atoms with Crippen molar-refractivity contribution in [2.75, 3.05) is 13.7 Å². The smallest absolute Gasteiger partial charge is 0.0876 e. The maximum absolute atomic E-state index is 5.43. The molecule has 1 aliphatic rings. The number of nitrogens with one attached hydrogen (secondary N) is 1. The fraction of sp³-hybridized carbons (Fsp3) is 0.667. The summed E-state index contributed by atoms with van der Waals surface area (Å²) in [4.78, 5) is 1.22. The summed E-state index contributed by atoms with van der Waals surface area (Å²) in [6.45, 7) is 5.13. The Hall–Kier alpha value is -0.940. The van der Waals surface area contributed by atoms with Crippen molar-refractivity contribution in [2.45, 2.75) is 38.6 Å². The zero-order chi connectivity index (χ0) is 12.3. The average Bonchev–Trinajstić information content (AvgIpc) is 2.81. The lowest BCUT2D eigenvalue weighted by Crippen LogP contribution is -2.21. The molecule has 94 valence electrons. The van der Waals surface area contributed by atoms with Gasteiger partial charge >= 0.3 is 0 Å². The quantitative estimate of drug-likeness (QED) is 0.896. The molecule has 0 aromatic carbocycles. The van der Waals surface area contributed by atoms with Crippen molar-refractivity contribution in [1.29, 1.82) is 0 Å². The first-order valence-corrected chi connectivity index (χ1v) is 6.81. The van der Waals surface area contributed by atoms with Crippen molar-refractivity contribution in [3.63, 3.8) is 0 Å². The van der Waals surface area contributed by atoms with Crippen LogP contribution < -0.4 is 5.32 Å². The van der Waals surface area contributed by atoms with Crippen LogP contribution in [0.5, 0.6) is 0 Å². The molecular formula is C12H19N3OS. The van der Waals surface area contributed by atoms with Gasteiger partial charge < -0.3 is 10.1 Å². The maximum atomic E-state index is 5.43. The number of likely N-dealkylation sites (N-methyl/N-ethyl adjacent to an activating group) is 1. The molecule has 2 heterocycles. The molecule has 4 nitrogen and oxygen atoms in total. The zero-order valence-electron chi connectivity index (χ0n) is 10.6. The van der Waals surface area contributed by atoms with Crippen molar-refractivity contribution >= 4 is 11.5 Å². The van der Waals surface area contributed by atoms with E-state index in [1.807, 2.05) is 13.3 Å². The van der Waals surface area contributed by atoms with Gasteiger partial charge in [0.2, 0.25) is 0 Å². The molecule has 0 amide bonds. The lowest BCUT2D eigenvalue weighted by molar-refractivity contribution is 0.220. The first kappa shape index (κ1) is 12.5. The molecule has 0 bridgehead atoms. The lowest BCUT2D eigenvalue weighted by Gasteiger charge is -2.22. The van der Waals surface area contributed by atoms with Gasteiger partial charge in [0.1, 0.15) is 0 Å². The van der Waals surface area contributed by atoms with E-state index in [1.54, 1.807) is 0 Å². The van der Waals surface area contributed by atoms with Crippen LogP contribution in [0.4, 0.5) is 0 Å². The predicted octanol–water partition coefficient (Wildman–Crippen LogP) is 2.62. The molecule has 1 N–H and O–H groups in total. The lowest BCUT2D eigenvalue weighted by atomic mass is 9.97. The van der Waals surface area contributed by atoms with Gasteiger partial charge in [-0.1, -0.05) is 18.3 Å². The van der Waals surface area contributed by atoms with Gasteiger partial charge in [-0.25, -0.2) is 0 Å². The number of hydrogen-bond acceptors (Lipinski definition) is 5. The van der Waals surface area contributed by atoms with Crippen molar-refractivity contribution in [1.82, 2.24) is 14.9 Å². The molecule has 1 atom stereocenters. The third-order valence-electron chi connectivity index (χ3n) is 2.97. The Bertz CT molecular complexity index is 400. The van der Waals surface area contributed by atoms with E-state index in [1.165, 1.54) is 22.0 Å². The monoisotopic (exact) mass is 253 g/mol. The molecule has 0 aliphatic carbocycles. The Kier molecular flexibility index (Phi) is 4.12. The second-order valence-electron chi connectivity index (χ2n) is 4.57. The molecule has 0 radical (unpaired) electrons. The number of nitrogens with zero attached hydrogens (tertiary/aromatic N) is 2. The van der Waals surface area contributed by atoms with Crippen LogP contribution in [0.25, 0.3) is 0 Å². The Labute approximate surface area is 106 Å². The summed E-state index contributed by atoms with van der Waals surface area (Å²) in [5, 5.41) is 7.59. The first-order valence-electron chi connectivity index (χ1n) is 6.04. The second kappa shape index (κ2) is 5.60. The largest absolute Gasteiger partial charge is 0.501 e. The van der Waals surface area contributed by atoms with E-state index in [4.69, 9.17) is 4.74 Å². The standard InChI is InChI=1S/C12H19N3OS/c1-8(2)10-12(17-15-14-10)11(13-3)9-5-4-6-16-7-9/h7-8,11,13H,4-6H2,1-3H3. The second-order valence-corrected chi connectivity index (χ2v) is 5.35. The molecule has 1 aromatic rings. The highest BCUT2D eigenvalue weighted by Gasteiger charge is 2.24. The number of hydrogen-bond donors (Lipinski definition) is 1.